The first-order valence-corrected chi connectivity index (χ1v) is 12.1. The van der Waals surface area contributed by atoms with Gasteiger partial charge in [-0.2, -0.15) is 13.8 Å². The third-order valence-corrected chi connectivity index (χ3v) is 7.53. The molecule has 4 aromatic heterocycles. The lowest BCUT2D eigenvalue weighted by Crippen LogP contribution is -2.31. The molecule has 1 aromatic carbocycles. The Morgan fingerprint density at radius 2 is 2.00 bits per heavy atom. The van der Waals surface area contributed by atoms with Crippen molar-refractivity contribution < 1.29 is 4.79 Å². The lowest BCUT2D eigenvalue weighted by Gasteiger charge is -2.08. The lowest BCUT2D eigenvalue weighted by molar-refractivity contribution is 0.0952. The summed E-state index contributed by atoms with van der Waals surface area (Å²) < 4.78 is 9.66. The van der Waals surface area contributed by atoms with Crippen LogP contribution < -0.4 is 10.9 Å². The molecule has 11 heteroatoms. The van der Waals surface area contributed by atoms with Gasteiger partial charge in [0.15, 0.2) is 0 Å². The number of aromatic nitrogens is 5. The van der Waals surface area contributed by atoms with Gasteiger partial charge in [0.05, 0.1) is 33.7 Å². The van der Waals surface area contributed by atoms with Gasteiger partial charge in [0.25, 0.3) is 11.5 Å². The van der Waals surface area contributed by atoms with Gasteiger partial charge in [-0.3, -0.25) is 9.59 Å². The van der Waals surface area contributed by atoms with Gasteiger partial charge in [-0.05, 0) is 42.6 Å². The molecule has 0 spiro atoms. The second kappa shape index (κ2) is 8.69. The Hall–Kier alpha value is -3.28. The molecule has 0 saturated heterocycles. The van der Waals surface area contributed by atoms with E-state index < -0.39 is 0 Å². The SMILES string of the molecule is Cc1nc(-c2cccs2)sc1-c1ccc(=O)n(CCNC(=O)c2ccc3nsnc3c2)n1. The number of nitrogens with zero attached hydrogens (tertiary/aromatic N) is 5. The van der Waals surface area contributed by atoms with Gasteiger partial charge in [0.1, 0.15) is 21.7 Å². The van der Waals surface area contributed by atoms with E-state index >= 15 is 0 Å². The van der Waals surface area contributed by atoms with E-state index in [1.165, 1.54) is 10.7 Å². The molecule has 5 rings (SSSR count). The first kappa shape index (κ1) is 20.6. The molecule has 32 heavy (non-hydrogen) atoms. The van der Waals surface area contributed by atoms with Gasteiger partial charge >= 0.3 is 0 Å². The Morgan fingerprint density at radius 3 is 2.84 bits per heavy atom. The van der Waals surface area contributed by atoms with Crippen molar-refractivity contribution in [2.75, 3.05) is 6.54 Å². The molecule has 0 radical (unpaired) electrons. The van der Waals surface area contributed by atoms with Crippen LogP contribution in [-0.2, 0) is 6.54 Å². The van der Waals surface area contributed by atoms with Gasteiger partial charge in [-0.25, -0.2) is 9.67 Å². The molecule has 0 aliphatic heterocycles. The van der Waals surface area contributed by atoms with Crippen LogP contribution in [0, 0.1) is 6.92 Å². The van der Waals surface area contributed by atoms with Crippen LogP contribution in [0.25, 0.3) is 31.5 Å². The van der Waals surface area contributed by atoms with E-state index in [4.69, 9.17) is 0 Å². The minimum absolute atomic E-state index is 0.224. The van der Waals surface area contributed by atoms with E-state index in [0.717, 1.165) is 37.7 Å². The van der Waals surface area contributed by atoms with Crippen molar-refractivity contribution in [2.45, 2.75) is 13.5 Å². The normalized spacial score (nSPS) is 11.2. The zero-order valence-corrected chi connectivity index (χ0v) is 19.3. The van der Waals surface area contributed by atoms with Crippen LogP contribution in [0.1, 0.15) is 16.1 Å². The summed E-state index contributed by atoms with van der Waals surface area (Å²) in [5, 5.41) is 10.3. The predicted molar refractivity (Wildman–Crippen MR) is 127 cm³/mol. The monoisotopic (exact) mass is 480 g/mol. The molecular formula is C21H16N6O2S3. The van der Waals surface area contributed by atoms with E-state index in [-0.39, 0.29) is 24.6 Å². The fourth-order valence-corrected chi connectivity index (χ4v) is 5.52. The Kier molecular flexibility index (Phi) is 5.60. The average Bonchev–Trinajstić information content (AvgIpc) is 3.55. The maximum Gasteiger partial charge on any atom is 0.266 e. The molecule has 0 bridgehead atoms. The summed E-state index contributed by atoms with van der Waals surface area (Å²) in [6, 6.07) is 12.4. The number of rotatable bonds is 6. The summed E-state index contributed by atoms with van der Waals surface area (Å²) in [4.78, 5) is 31.5. The summed E-state index contributed by atoms with van der Waals surface area (Å²) >= 11 is 4.30. The molecule has 5 aromatic rings. The van der Waals surface area contributed by atoms with Crippen LogP contribution in [-0.4, -0.2) is 36.0 Å². The quantitative estimate of drug-likeness (QED) is 0.396. The van der Waals surface area contributed by atoms with E-state index in [1.807, 2.05) is 24.4 Å². The maximum atomic E-state index is 12.5. The standard InChI is InChI=1S/C21H16N6O2S3/c1-12-19(31-21(23-12)17-3-2-10-30-17)15-6-7-18(28)27(24-15)9-8-22-20(29)13-4-5-14-16(11-13)26-32-25-14/h2-7,10-11H,8-9H2,1H3,(H,22,29). The molecule has 160 valence electrons. The number of hydrogen-bond acceptors (Lipinski definition) is 9. The largest absolute Gasteiger partial charge is 0.350 e. The van der Waals surface area contributed by atoms with Gasteiger partial charge in [-0.15, -0.1) is 22.7 Å². The van der Waals surface area contributed by atoms with Crippen LogP contribution >= 0.6 is 34.4 Å². The predicted octanol–water partition coefficient (Wildman–Crippen LogP) is 3.84. The number of benzene rings is 1. The van der Waals surface area contributed by atoms with E-state index in [9.17, 15) is 9.59 Å². The first-order chi connectivity index (χ1) is 15.6. The van der Waals surface area contributed by atoms with Crippen molar-refractivity contribution in [1.82, 2.24) is 28.8 Å². The molecule has 0 aliphatic carbocycles. The number of thiophene rings is 1. The van der Waals surface area contributed by atoms with Gasteiger partial charge in [0.2, 0.25) is 0 Å². The third-order valence-electron chi connectivity index (χ3n) is 4.75. The molecule has 8 nitrogen and oxygen atoms in total. The number of aryl methyl sites for hydroxylation is 1. The summed E-state index contributed by atoms with van der Waals surface area (Å²) in [7, 11) is 0. The minimum Gasteiger partial charge on any atom is -0.350 e. The Labute approximate surface area is 194 Å². The maximum absolute atomic E-state index is 12.5. The number of amides is 1. The lowest BCUT2D eigenvalue weighted by atomic mass is 10.2. The third kappa shape index (κ3) is 4.09. The molecule has 4 heterocycles. The molecule has 0 atom stereocenters. The van der Waals surface area contributed by atoms with Crippen molar-refractivity contribution in [1.29, 1.82) is 0 Å². The van der Waals surface area contributed by atoms with Crippen LogP contribution in [0.4, 0.5) is 0 Å². The van der Waals surface area contributed by atoms with Crippen molar-refractivity contribution in [2.24, 2.45) is 0 Å². The topological polar surface area (TPSA) is 103 Å². The molecule has 1 amide bonds. The molecular weight excluding hydrogens is 464 g/mol. The fourth-order valence-electron chi connectivity index (χ4n) is 3.17. The molecule has 0 fully saturated rings. The zero-order valence-electron chi connectivity index (χ0n) is 16.8. The van der Waals surface area contributed by atoms with Crippen LogP contribution in [0.5, 0.6) is 0 Å². The van der Waals surface area contributed by atoms with Crippen molar-refractivity contribution >= 4 is 51.3 Å². The summed E-state index contributed by atoms with van der Waals surface area (Å²) in [6.45, 7) is 2.47. The van der Waals surface area contributed by atoms with Crippen LogP contribution in [0.15, 0.2) is 52.6 Å². The van der Waals surface area contributed by atoms with Crippen molar-refractivity contribution in [3.63, 3.8) is 0 Å². The Balaban J connectivity index is 1.30. The minimum atomic E-state index is -0.233. The Morgan fingerprint density at radius 1 is 1.12 bits per heavy atom. The Bertz CT molecular complexity index is 1470. The zero-order chi connectivity index (χ0) is 22.1. The highest BCUT2D eigenvalue weighted by atomic mass is 32.1. The molecule has 0 saturated carbocycles. The number of carbonyl (C=O) groups excluding carboxylic acids is 1. The van der Waals surface area contributed by atoms with E-state index in [1.54, 1.807) is 46.9 Å². The van der Waals surface area contributed by atoms with Crippen LogP contribution in [0.2, 0.25) is 0 Å². The summed E-state index contributed by atoms with van der Waals surface area (Å²) in [5.41, 5.74) is 3.29. The summed E-state index contributed by atoms with van der Waals surface area (Å²) in [5.74, 6) is -0.233. The van der Waals surface area contributed by atoms with Gasteiger partial charge in [-0.1, -0.05) is 6.07 Å². The summed E-state index contributed by atoms with van der Waals surface area (Å²) in [6.07, 6.45) is 0. The smallest absolute Gasteiger partial charge is 0.266 e. The fraction of sp³-hybridized carbons (Fsp3) is 0.143. The highest BCUT2D eigenvalue weighted by Gasteiger charge is 2.14. The first-order valence-electron chi connectivity index (χ1n) is 9.69. The van der Waals surface area contributed by atoms with Crippen LogP contribution in [0.3, 0.4) is 0 Å². The van der Waals surface area contributed by atoms with Crippen molar-refractivity contribution in [3.8, 4) is 20.5 Å². The molecule has 0 unspecified atom stereocenters. The van der Waals surface area contributed by atoms with E-state index in [0.29, 0.717) is 16.8 Å². The highest BCUT2D eigenvalue weighted by Crippen LogP contribution is 2.35. The van der Waals surface area contributed by atoms with Gasteiger partial charge < -0.3 is 5.32 Å². The second-order valence-corrected chi connectivity index (χ2v) is 9.39. The van der Waals surface area contributed by atoms with Gasteiger partial charge in [0, 0.05) is 18.2 Å². The average molecular weight is 481 g/mol. The number of carbonyl (C=O) groups is 1. The number of fused-ring (bicyclic) bond motifs is 1. The molecule has 0 aliphatic rings. The second-order valence-electron chi connectivity index (χ2n) is 6.91. The number of nitrogens with one attached hydrogen (secondary N) is 1. The number of hydrogen-bond donors (Lipinski definition) is 1. The molecule has 1 N–H and O–H groups in total. The van der Waals surface area contributed by atoms with Crippen molar-refractivity contribution in [3.05, 3.63) is 69.5 Å². The highest BCUT2D eigenvalue weighted by molar-refractivity contribution is 7.23. The van der Waals surface area contributed by atoms with E-state index in [2.05, 4.69) is 24.1 Å². The number of thiazole rings is 1.